The first-order valence-electron chi connectivity index (χ1n) is 4.43. The number of benzene rings is 1. The quantitative estimate of drug-likeness (QED) is 0.722. The van der Waals surface area contributed by atoms with Crippen LogP contribution in [0.4, 0.5) is 0 Å². The van der Waals surface area contributed by atoms with Gasteiger partial charge in [0, 0.05) is 18.2 Å². The van der Waals surface area contributed by atoms with Gasteiger partial charge in [0.1, 0.15) is 12.0 Å². The molecule has 1 rings (SSSR count). The number of hydrogen-bond acceptors (Lipinski definition) is 3. The molecule has 0 bridgehead atoms. The second-order valence-electron chi connectivity index (χ2n) is 2.94. The highest BCUT2D eigenvalue weighted by Crippen LogP contribution is 2.26. The summed E-state index contributed by atoms with van der Waals surface area (Å²) >= 11 is 0. The zero-order chi connectivity index (χ0) is 10.6. The molecule has 1 atom stereocenters. The van der Waals surface area contributed by atoms with Crippen LogP contribution in [0.2, 0.25) is 0 Å². The number of allylic oxidation sites excluding steroid dienone is 1. The largest absolute Gasteiger partial charge is 0.507 e. The highest BCUT2D eigenvalue weighted by atomic mass is 16.5. The molecular weight excluding hydrogens is 178 g/mol. The van der Waals surface area contributed by atoms with Crippen LogP contribution in [0.1, 0.15) is 24.3 Å². The van der Waals surface area contributed by atoms with Crippen molar-refractivity contribution in [1.82, 2.24) is 0 Å². The molecule has 0 aliphatic rings. The van der Waals surface area contributed by atoms with E-state index in [2.05, 4.69) is 0 Å². The fraction of sp³-hybridized carbons (Fsp3) is 0.273. The Balaban J connectivity index is 3.20. The van der Waals surface area contributed by atoms with Gasteiger partial charge in [-0.1, -0.05) is 24.3 Å². The molecule has 3 heteroatoms. The molecule has 0 radical (unpaired) electrons. The third-order valence-corrected chi connectivity index (χ3v) is 2.01. The lowest BCUT2D eigenvalue weighted by Crippen LogP contribution is -2.13. The van der Waals surface area contributed by atoms with E-state index in [1.165, 1.54) is 7.11 Å². The normalized spacial score (nSPS) is 13.4. The molecule has 1 unspecified atom stereocenters. The van der Waals surface area contributed by atoms with Crippen molar-refractivity contribution in [3.63, 3.8) is 0 Å². The Morgan fingerprint density at radius 1 is 1.50 bits per heavy atom. The average molecular weight is 193 g/mol. The standard InChI is InChI=1S/C11H15NO2/c1-3-5-8-9(11(12)14-2)6-4-7-10(8)13/h3-7,11,13H,12H2,1-2H3/b5-3-. The first-order chi connectivity index (χ1) is 6.70. The molecule has 1 aromatic carbocycles. The van der Waals surface area contributed by atoms with Gasteiger partial charge in [-0.2, -0.15) is 0 Å². The van der Waals surface area contributed by atoms with E-state index in [1.807, 2.05) is 25.1 Å². The Morgan fingerprint density at radius 2 is 2.21 bits per heavy atom. The summed E-state index contributed by atoms with van der Waals surface area (Å²) < 4.78 is 5.01. The van der Waals surface area contributed by atoms with E-state index in [1.54, 1.807) is 12.1 Å². The number of hydrogen-bond donors (Lipinski definition) is 2. The summed E-state index contributed by atoms with van der Waals surface area (Å²) in [7, 11) is 1.54. The smallest absolute Gasteiger partial charge is 0.132 e. The number of aromatic hydroxyl groups is 1. The lowest BCUT2D eigenvalue weighted by atomic mass is 10.0. The van der Waals surface area contributed by atoms with Crippen molar-refractivity contribution in [2.24, 2.45) is 5.73 Å². The van der Waals surface area contributed by atoms with Crippen molar-refractivity contribution < 1.29 is 9.84 Å². The van der Waals surface area contributed by atoms with Crippen molar-refractivity contribution in [3.8, 4) is 5.75 Å². The number of phenols is 1. The maximum Gasteiger partial charge on any atom is 0.132 e. The summed E-state index contributed by atoms with van der Waals surface area (Å²) in [6.45, 7) is 1.88. The Labute approximate surface area is 83.8 Å². The summed E-state index contributed by atoms with van der Waals surface area (Å²) in [6.07, 6.45) is 3.15. The van der Waals surface area contributed by atoms with Gasteiger partial charge in [0.15, 0.2) is 0 Å². The van der Waals surface area contributed by atoms with Crippen LogP contribution in [0, 0.1) is 0 Å². The van der Waals surface area contributed by atoms with Gasteiger partial charge in [0.05, 0.1) is 0 Å². The lowest BCUT2D eigenvalue weighted by molar-refractivity contribution is 0.109. The van der Waals surface area contributed by atoms with E-state index >= 15 is 0 Å². The topological polar surface area (TPSA) is 55.5 Å². The highest BCUT2D eigenvalue weighted by Gasteiger charge is 2.10. The monoisotopic (exact) mass is 193 g/mol. The van der Waals surface area contributed by atoms with Crippen LogP contribution in [0.3, 0.4) is 0 Å². The van der Waals surface area contributed by atoms with Crippen LogP contribution in [0.15, 0.2) is 24.3 Å². The molecule has 0 saturated heterocycles. The van der Waals surface area contributed by atoms with Crippen LogP contribution in [-0.2, 0) is 4.74 Å². The number of ether oxygens (including phenoxy) is 1. The summed E-state index contributed by atoms with van der Waals surface area (Å²) in [4.78, 5) is 0. The number of methoxy groups -OCH3 is 1. The van der Waals surface area contributed by atoms with Gasteiger partial charge in [-0.05, 0) is 13.0 Å². The van der Waals surface area contributed by atoms with Crippen molar-refractivity contribution in [2.75, 3.05) is 7.11 Å². The maximum atomic E-state index is 9.60. The Hall–Kier alpha value is -1.32. The van der Waals surface area contributed by atoms with Gasteiger partial charge < -0.3 is 15.6 Å². The molecule has 3 nitrogen and oxygen atoms in total. The second-order valence-corrected chi connectivity index (χ2v) is 2.94. The molecule has 1 aromatic rings. The third kappa shape index (κ3) is 2.13. The van der Waals surface area contributed by atoms with Gasteiger partial charge in [0.2, 0.25) is 0 Å². The van der Waals surface area contributed by atoms with Gasteiger partial charge in [-0.3, -0.25) is 0 Å². The molecule has 0 aliphatic heterocycles. The summed E-state index contributed by atoms with van der Waals surface area (Å²) in [5.74, 6) is 0.216. The van der Waals surface area contributed by atoms with E-state index in [0.717, 1.165) is 5.56 Å². The number of nitrogens with two attached hydrogens (primary N) is 1. The van der Waals surface area contributed by atoms with Crippen LogP contribution >= 0.6 is 0 Å². The van der Waals surface area contributed by atoms with Crippen molar-refractivity contribution in [2.45, 2.75) is 13.2 Å². The van der Waals surface area contributed by atoms with Crippen molar-refractivity contribution in [3.05, 3.63) is 35.4 Å². The summed E-state index contributed by atoms with van der Waals surface area (Å²) in [5, 5.41) is 9.60. The molecule has 0 fully saturated rings. The molecule has 76 valence electrons. The van der Waals surface area contributed by atoms with Crippen molar-refractivity contribution >= 4 is 6.08 Å². The first-order valence-corrected chi connectivity index (χ1v) is 4.43. The van der Waals surface area contributed by atoms with Gasteiger partial charge >= 0.3 is 0 Å². The van der Waals surface area contributed by atoms with Crippen LogP contribution in [-0.4, -0.2) is 12.2 Å². The molecule has 0 amide bonds. The molecule has 3 N–H and O–H groups in total. The van der Waals surface area contributed by atoms with Crippen molar-refractivity contribution in [1.29, 1.82) is 0 Å². The molecule has 0 aliphatic carbocycles. The minimum Gasteiger partial charge on any atom is -0.507 e. The summed E-state index contributed by atoms with van der Waals surface area (Å²) in [6, 6.07) is 5.21. The highest BCUT2D eigenvalue weighted by molar-refractivity contribution is 5.61. The van der Waals surface area contributed by atoms with Crippen LogP contribution < -0.4 is 5.73 Å². The SMILES string of the molecule is C/C=C\c1c(O)cccc1C(N)OC. The van der Waals surface area contributed by atoms with E-state index in [4.69, 9.17) is 10.5 Å². The molecule has 14 heavy (non-hydrogen) atoms. The van der Waals surface area contributed by atoms with E-state index < -0.39 is 6.23 Å². The minimum atomic E-state index is -0.506. The van der Waals surface area contributed by atoms with E-state index in [-0.39, 0.29) is 5.75 Å². The fourth-order valence-corrected chi connectivity index (χ4v) is 1.29. The van der Waals surface area contributed by atoms with Crippen LogP contribution in [0.25, 0.3) is 6.08 Å². The van der Waals surface area contributed by atoms with Gasteiger partial charge in [-0.15, -0.1) is 0 Å². The van der Waals surface area contributed by atoms with E-state index in [9.17, 15) is 5.11 Å². The second kappa shape index (κ2) is 4.79. The minimum absolute atomic E-state index is 0.216. The lowest BCUT2D eigenvalue weighted by Gasteiger charge is -2.13. The first kappa shape index (κ1) is 10.8. The Bertz CT molecular complexity index is 334. The molecule has 0 heterocycles. The third-order valence-electron chi connectivity index (χ3n) is 2.01. The van der Waals surface area contributed by atoms with Gasteiger partial charge in [-0.25, -0.2) is 0 Å². The number of phenolic OH excluding ortho intramolecular Hbond substituents is 1. The predicted octanol–water partition coefficient (Wildman–Crippen LogP) is 2.03. The fourth-order valence-electron chi connectivity index (χ4n) is 1.29. The van der Waals surface area contributed by atoms with E-state index in [0.29, 0.717) is 5.56 Å². The zero-order valence-corrected chi connectivity index (χ0v) is 8.40. The molecule has 0 saturated carbocycles. The summed E-state index contributed by atoms with van der Waals surface area (Å²) in [5.41, 5.74) is 7.22. The zero-order valence-electron chi connectivity index (χ0n) is 8.40. The maximum absolute atomic E-state index is 9.60. The Morgan fingerprint density at radius 3 is 2.79 bits per heavy atom. The van der Waals surface area contributed by atoms with Crippen LogP contribution in [0.5, 0.6) is 5.75 Å². The molecule has 0 aromatic heterocycles. The Kier molecular flexibility index (Phi) is 3.68. The predicted molar refractivity (Wildman–Crippen MR) is 56.8 cm³/mol. The molecular formula is C11H15NO2. The number of rotatable bonds is 3. The van der Waals surface area contributed by atoms with Gasteiger partial charge in [0.25, 0.3) is 0 Å². The average Bonchev–Trinajstić information content (AvgIpc) is 2.20. The molecule has 0 spiro atoms.